The van der Waals surface area contributed by atoms with E-state index in [1.807, 2.05) is 0 Å². The van der Waals surface area contributed by atoms with Gasteiger partial charge in [-0.2, -0.15) is 0 Å². The molecule has 18 heavy (non-hydrogen) atoms. The Hall–Kier alpha value is -0.591. The van der Waals surface area contributed by atoms with Crippen molar-refractivity contribution in [3.8, 4) is 0 Å². The molecule has 2 aromatic rings. The zero-order valence-electron chi connectivity index (χ0n) is 10.1. The number of pyridine rings is 1. The molecule has 1 aliphatic heterocycles. The van der Waals surface area contributed by atoms with Gasteiger partial charge in [-0.05, 0) is 0 Å². The van der Waals surface area contributed by atoms with E-state index in [1.165, 1.54) is 32.7 Å². The maximum atomic E-state index is 4.77. The number of benzene rings is 1. The van der Waals surface area contributed by atoms with Gasteiger partial charge in [0.15, 0.2) is 0 Å². The van der Waals surface area contributed by atoms with Crippen LogP contribution in [0, 0.1) is 0 Å². The first-order chi connectivity index (χ1) is 8.92. The molecule has 0 N–H and O–H groups in total. The molecule has 0 aliphatic carbocycles. The third kappa shape index (κ3) is 3.05. The summed E-state index contributed by atoms with van der Waals surface area (Å²) in [5.74, 6) is 0. The Kier molecular flexibility index (Phi) is 4.17. The molecule has 0 fully saturated rings. The van der Waals surface area contributed by atoms with E-state index < -0.39 is 0 Å². The molecular formula is C15H15NSe2. The summed E-state index contributed by atoms with van der Waals surface area (Å²) in [5, 5.41) is 4.85. The van der Waals surface area contributed by atoms with Crippen LogP contribution in [0.3, 0.4) is 0 Å². The Morgan fingerprint density at radius 1 is 0.667 bits per heavy atom. The summed E-state index contributed by atoms with van der Waals surface area (Å²) in [4.78, 5) is 4.77. The fraction of sp³-hybridized carbons (Fsp3) is 0.267. The van der Waals surface area contributed by atoms with Gasteiger partial charge >= 0.3 is 121 Å². The number of hydrogen-bond donors (Lipinski definition) is 0. The molecule has 2 heterocycles. The van der Waals surface area contributed by atoms with Crippen molar-refractivity contribution in [3.05, 3.63) is 65.0 Å². The molecule has 0 radical (unpaired) electrons. The van der Waals surface area contributed by atoms with Crippen molar-refractivity contribution in [3.63, 3.8) is 0 Å². The summed E-state index contributed by atoms with van der Waals surface area (Å²) in [7, 11) is 0. The molecule has 2 bridgehead atoms. The van der Waals surface area contributed by atoms with Crippen LogP contribution < -0.4 is 0 Å². The minimum absolute atomic E-state index is 0.638. The van der Waals surface area contributed by atoms with Crippen molar-refractivity contribution < 1.29 is 0 Å². The Morgan fingerprint density at radius 2 is 1.22 bits per heavy atom. The van der Waals surface area contributed by atoms with E-state index in [2.05, 4.69) is 42.5 Å². The number of rotatable bonds is 0. The maximum absolute atomic E-state index is 4.77. The first kappa shape index (κ1) is 12.4. The van der Waals surface area contributed by atoms with Gasteiger partial charge in [-0.25, -0.2) is 0 Å². The zero-order chi connectivity index (χ0) is 12.2. The Balaban J connectivity index is 1.86. The second kappa shape index (κ2) is 6.03. The molecule has 0 saturated heterocycles. The number of fused-ring (bicyclic) bond motifs is 3. The van der Waals surface area contributed by atoms with Gasteiger partial charge < -0.3 is 0 Å². The van der Waals surface area contributed by atoms with E-state index in [1.54, 1.807) is 11.1 Å². The van der Waals surface area contributed by atoms with Gasteiger partial charge in [-0.1, -0.05) is 0 Å². The van der Waals surface area contributed by atoms with Crippen molar-refractivity contribution in [1.29, 1.82) is 0 Å². The molecule has 92 valence electrons. The van der Waals surface area contributed by atoms with Gasteiger partial charge in [-0.15, -0.1) is 0 Å². The minimum atomic E-state index is 0.638. The molecule has 1 aromatic carbocycles. The Morgan fingerprint density at radius 3 is 1.78 bits per heavy atom. The van der Waals surface area contributed by atoms with Gasteiger partial charge in [0.2, 0.25) is 0 Å². The van der Waals surface area contributed by atoms with E-state index in [0.29, 0.717) is 29.9 Å². The van der Waals surface area contributed by atoms with Crippen LogP contribution in [0.25, 0.3) is 0 Å². The molecule has 0 spiro atoms. The van der Waals surface area contributed by atoms with Crippen LogP contribution in [0.4, 0.5) is 0 Å². The van der Waals surface area contributed by atoms with Crippen LogP contribution in [0.5, 0.6) is 0 Å². The number of aromatic nitrogens is 1. The molecule has 1 aliphatic rings. The molecule has 0 unspecified atom stereocenters. The summed E-state index contributed by atoms with van der Waals surface area (Å²) < 4.78 is 0. The summed E-state index contributed by atoms with van der Waals surface area (Å²) >= 11 is 1.28. The normalized spacial score (nSPS) is 15.6. The molecule has 1 aromatic heterocycles. The first-order valence-electron chi connectivity index (χ1n) is 6.09. The van der Waals surface area contributed by atoms with Gasteiger partial charge in [0, 0.05) is 0 Å². The third-order valence-electron chi connectivity index (χ3n) is 3.00. The Labute approximate surface area is 121 Å². The van der Waals surface area contributed by atoms with Crippen LogP contribution in [0.15, 0.2) is 42.5 Å². The van der Waals surface area contributed by atoms with Crippen LogP contribution in [-0.2, 0) is 21.3 Å². The van der Waals surface area contributed by atoms with E-state index in [-0.39, 0.29) is 0 Å². The number of nitrogens with zero attached hydrogens (tertiary/aromatic N) is 1. The summed E-state index contributed by atoms with van der Waals surface area (Å²) in [6.07, 6.45) is 0. The quantitative estimate of drug-likeness (QED) is 0.651. The second-order valence-corrected chi connectivity index (χ2v) is 8.51. The first-order valence-corrected chi connectivity index (χ1v) is 10.9. The summed E-state index contributed by atoms with van der Waals surface area (Å²) in [6, 6.07) is 15.5. The standard InChI is InChI=1S/C15H15NSe2/c1-2-5-13-9-18-11-15-7-3-6-14(16-15)10-17-8-12(13)4-1/h1-7H,8-11H2. The van der Waals surface area contributed by atoms with E-state index in [4.69, 9.17) is 4.98 Å². The molecule has 3 heteroatoms. The fourth-order valence-electron chi connectivity index (χ4n) is 2.06. The van der Waals surface area contributed by atoms with Crippen molar-refractivity contribution in [2.75, 3.05) is 0 Å². The van der Waals surface area contributed by atoms with E-state index in [0.717, 1.165) is 0 Å². The van der Waals surface area contributed by atoms with Gasteiger partial charge in [0.25, 0.3) is 0 Å². The topological polar surface area (TPSA) is 12.9 Å². The Bertz CT molecular complexity index is 495. The van der Waals surface area contributed by atoms with Crippen molar-refractivity contribution in [2.45, 2.75) is 21.3 Å². The average Bonchev–Trinajstić information content (AvgIpc) is 2.43. The van der Waals surface area contributed by atoms with Gasteiger partial charge in [0.1, 0.15) is 0 Å². The monoisotopic (exact) mass is 369 g/mol. The molecule has 3 rings (SSSR count). The molecule has 0 saturated carbocycles. The van der Waals surface area contributed by atoms with Gasteiger partial charge in [0.05, 0.1) is 0 Å². The average molecular weight is 367 g/mol. The summed E-state index contributed by atoms with van der Waals surface area (Å²) in [5.41, 5.74) is 5.74. The summed E-state index contributed by atoms with van der Waals surface area (Å²) in [6.45, 7) is 0. The van der Waals surface area contributed by atoms with Crippen molar-refractivity contribution in [1.82, 2.24) is 4.98 Å². The molecule has 1 nitrogen and oxygen atoms in total. The zero-order valence-corrected chi connectivity index (χ0v) is 13.6. The molecule has 0 atom stereocenters. The number of hydrogen-bond acceptors (Lipinski definition) is 1. The van der Waals surface area contributed by atoms with Crippen LogP contribution in [0.1, 0.15) is 22.5 Å². The molecular weight excluding hydrogens is 352 g/mol. The van der Waals surface area contributed by atoms with Crippen LogP contribution in [0.2, 0.25) is 0 Å². The van der Waals surface area contributed by atoms with Crippen LogP contribution >= 0.6 is 0 Å². The van der Waals surface area contributed by atoms with E-state index in [9.17, 15) is 0 Å². The molecule has 0 amide bonds. The predicted molar refractivity (Wildman–Crippen MR) is 77.0 cm³/mol. The third-order valence-corrected chi connectivity index (χ3v) is 7.26. The van der Waals surface area contributed by atoms with Crippen molar-refractivity contribution in [2.24, 2.45) is 0 Å². The van der Waals surface area contributed by atoms with Crippen LogP contribution in [-0.4, -0.2) is 34.9 Å². The van der Waals surface area contributed by atoms with Crippen molar-refractivity contribution >= 4 is 29.9 Å². The fourth-order valence-corrected chi connectivity index (χ4v) is 6.15. The predicted octanol–water partition coefficient (Wildman–Crippen LogP) is 2.20. The SMILES string of the molecule is c1cc2nc(c1)C[Se]Cc1ccccc1C[Se]C2. The van der Waals surface area contributed by atoms with Gasteiger partial charge in [-0.3, -0.25) is 0 Å². The van der Waals surface area contributed by atoms with E-state index >= 15 is 0 Å². The second-order valence-electron chi connectivity index (χ2n) is 4.37.